The van der Waals surface area contributed by atoms with E-state index in [9.17, 15) is 0 Å². The van der Waals surface area contributed by atoms with Crippen LogP contribution in [0.1, 0.15) is 62.5 Å². The normalized spacial score (nSPS) is 23.1. The monoisotopic (exact) mass is 1710 g/mol. The first-order valence-electron chi connectivity index (χ1n) is 35.6. The second kappa shape index (κ2) is 75.5. The zero-order valence-corrected chi connectivity index (χ0v) is 69.0. The van der Waals surface area contributed by atoms with Gasteiger partial charge in [-0.25, -0.2) is 0 Å². The SMILES string of the molecule is C1CC[C@H]2NCCNCCNCCNCCN[C@@H]2C1.C1CC[C@H]2NCCNCCNCCNCCN[C@H]2C1.[Cl][Mn][Cl].[Cl][Mn][Cl].[Cl][Mn][Cl].[Cl][Mn][Cl].c1ccc(COc2ccc(C[C@H]3CNCCNCCNCCNCCN3)cc2)cc1.c1ccc2c(c1)NCCNCCNCCNCCN2. The van der Waals surface area contributed by atoms with Crippen LogP contribution in [0.3, 0.4) is 0 Å². The molecule has 21 nitrogen and oxygen atoms in total. The van der Waals surface area contributed by atoms with E-state index >= 15 is 0 Å². The summed E-state index contributed by atoms with van der Waals surface area (Å²) in [6.07, 6.45) is 11.8. The van der Waals surface area contributed by atoms with Gasteiger partial charge in [0.05, 0.1) is 11.4 Å². The van der Waals surface area contributed by atoms with Crippen molar-refractivity contribution in [2.75, 3.05) is 227 Å². The Morgan fingerprint density at radius 1 is 0.283 bits per heavy atom. The van der Waals surface area contributed by atoms with E-state index < -0.39 is 0 Å². The Hall–Kier alpha value is 0.738. The minimum absolute atomic E-state index is 0.00694. The van der Waals surface area contributed by atoms with Gasteiger partial charge in [0.1, 0.15) is 12.4 Å². The molecule has 0 unspecified atom stereocenters. The van der Waals surface area contributed by atoms with E-state index in [1.54, 1.807) is 0 Å². The van der Waals surface area contributed by atoms with E-state index in [0.29, 0.717) is 36.8 Å². The third kappa shape index (κ3) is 58.4. The summed E-state index contributed by atoms with van der Waals surface area (Å²) >= 11 is 0.0278. The van der Waals surface area contributed by atoms with Gasteiger partial charge in [-0.2, -0.15) is 0 Å². The second-order valence-corrected chi connectivity index (χ2v) is 31.7. The predicted octanol–water partition coefficient (Wildman–Crippen LogP) is 5.46. The Morgan fingerprint density at radius 3 is 0.859 bits per heavy atom. The van der Waals surface area contributed by atoms with Crippen LogP contribution >= 0.6 is 80.8 Å². The van der Waals surface area contributed by atoms with Crippen molar-refractivity contribution in [1.29, 1.82) is 0 Å². The Morgan fingerprint density at radius 2 is 0.545 bits per heavy atom. The van der Waals surface area contributed by atoms with E-state index in [1.807, 2.05) is 18.2 Å². The number of hydrogen-bond acceptors (Lipinski definition) is 21. The van der Waals surface area contributed by atoms with Gasteiger partial charge in [-0.1, -0.05) is 80.3 Å². The van der Waals surface area contributed by atoms with E-state index in [4.69, 9.17) is 85.5 Å². The Kier molecular flexibility index (Phi) is 73.1. The van der Waals surface area contributed by atoms with Crippen LogP contribution in [-0.4, -0.2) is 246 Å². The molecule has 0 aromatic heterocycles. The largest absolute Gasteiger partial charge is 0.489 e. The van der Waals surface area contributed by atoms with Crippen molar-refractivity contribution in [3.8, 4) is 5.75 Å². The number of ether oxygens (including phenoxy) is 1. The fourth-order valence-electron chi connectivity index (χ4n) is 11.7. The summed E-state index contributed by atoms with van der Waals surface area (Å²) in [6.45, 7) is 34.6. The number of rotatable bonds is 5. The maximum atomic E-state index is 5.91. The van der Waals surface area contributed by atoms with Crippen LogP contribution in [0.5, 0.6) is 5.75 Å². The van der Waals surface area contributed by atoms with Gasteiger partial charge in [0.25, 0.3) is 0 Å². The summed E-state index contributed by atoms with van der Waals surface area (Å²) in [4.78, 5) is 0. The number of nitrogens with one attached hydrogen (secondary N) is 20. The first kappa shape index (κ1) is 95.8. The molecule has 0 bridgehead atoms. The second-order valence-electron chi connectivity index (χ2n) is 23.9. The molecule has 99 heavy (non-hydrogen) atoms. The van der Waals surface area contributed by atoms with Gasteiger partial charge >= 0.3 is 133 Å². The van der Waals surface area contributed by atoms with Crippen molar-refractivity contribution < 1.29 is 57.3 Å². The standard InChI is InChI=1S/C24H37N5O.2C14H31N5.C14H25N5.8ClH.4Mn/c1-2-4-22(5-3-1)20-30-24-8-6-21(7-9-24)18-23-19-28-15-14-26-11-10-25-12-13-27-16-17-29-23;3*1-2-4-14-13(3-1)18-11-9-16-7-5-15-6-8-17-10-12-19-14;;;;;;;;;;;;/h1-9,23,25-29H,10-20H2;2*13-19H,1-12H2;1-4,15-19H,5-12H2;8*1H;;;;/q;;;;;;;;;;;;4*+2/p-8/t23-;13-,14+;13-,14-;;;;;;;;;;;;;/m0.1............./s1. The maximum Gasteiger partial charge on any atom is 0.119 e. The van der Waals surface area contributed by atoms with Gasteiger partial charge in [0, 0.05) is 246 Å². The molecule has 9 rings (SSSR count). The summed E-state index contributed by atoms with van der Waals surface area (Å²) in [5.74, 6) is 0.916. The third-order valence-corrected chi connectivity index (χ3v) is 16.6. The van der Waals surface area contributed by atoms with Crippen molar-refractivity contribution in [1.82, 2.24) is 95.7 Å². The van der Waals surface area contributed by atoms with E-state index in [0.717, 1.165) is 228 Å². The zero-order chi connectivity index (χ0) is 71.0. The van der Waals surface area contributed by atoms with Gasteiger partial charge in [-0.05, 0) is 67.5 Å². The molecule has 4 aliphatic heterocycles. The van der Waals surface area contributed by atoms with Gasteiger partial charge < -0.3 is 111 Å². The van der Waals surface area contributed by atoms with Gasteiger partial charge in [0.15, 0.2) is 0 Å². The van der Waals surface area contributed by atoms with Crippen LogP contribution in [0.15, 0.2) is 78.9 Å². The van der Waals surface area contributed by atoms with Crippen LogP contribution in [0.2, 0.25) is 0 Å². The van der Waals surface area contributed by atoms with Crippen molar-refractivity contribution in [3.63, 3.8) is 0 Å². The van der Waals surface area contributed by atoms with Gasteiger partial charge in [0.2, 0.25) is 0 Å². The van der Waals surface area contributed by atoms with Crippen LogP contribution in [0, 0.1) is 0 Å². The van der Waals surface area contributed by atoms with Crippen molar-refractivity contribution in [2.45, 2.75) is 94.6 Å². The van der Waals surface area contributed by atoms with Crippen molar-refractivity contribution in [2.24, 2.45) is 0 Å². The molecular weight excluding hydrogens is 1590 g/mol. The molecular formula is C66H124Cl8Mn4N20O. The molecule has 5 fully saturated rings. The molecule has 4 heterocycles. The van der Waals surface area contributed by atoms with Gasteiger partial charge in [-0.3, -0.25) is 0 Å². The smallest absolute Gasteiger partial charge is 0.119 e. The first-order valence-corrected chi connectivity index (χ1v) is 48.6. The first-order chi connectivity index (χ1) is 49.0. The molecule has 578 valence electrons. The number of para-hydroxylation sites is 2. The maximum absolute atomic E-state index is 5.91. The van der Waals surface area contributed by atoms with Crippen LogP contribution in [-0.2, 0) is 65.6 Å². The molecule has 0 radical (unpaired) electrons. The number of anilines is 2. The fraction of sp³-hybridized carbons (Fsp3) is 0.727. The van der Waals surface area contributed by atoms with Gasteiger partial charge in [-0.15, -0.1) is 0 Å². The summed E-state index contributed by atoms with van der Waals surface area (Å²) < 4.78 is 5.91. The average Bonchev–Trinajstić information content (AvgIpc) is 2.49. The molecule has 2 saturated carbocycles. The molecule has 0 spiro atoms. The topological polar surface area (TPSA) is 250 Å². The Balaban J connectivity index is 0.000000432. The Labute approximate surface area is 656 Å². The molecule has 3 aromatic rings. The number of halogens is 8. The summed E-state index contributed by atoms with van der Waals surface area (Å²) in [6, 6.07) is 30.3. The average molecular weight is 1720 g/mol. The quantitative estimate of drug-likeness (QED) is 0.142. The predicted molar refractivity (Wildman–Crippen MR) is 414 cm³/mol. The van der Waals surface area contributed by atoms with E-state index in [1.165, 1.54) is 73.9 Å². The van der Waals surface area contributed by atoms with Crippen LogP contribution < -0.4 is 111 Å². The molecule has 0 amide bonds. The minimum Gasteiger partial charge on any atom is -0.489 e. The summed E-state index contributed by atoms with van der Waals surface area (Å²) in [7, 11) is 38.4. The molecule has 5 atom stereocenters. The number of fused-ring (bicyclic) bond motifs is 3. The Bertz CT molecular complexity index is 2000. The third-order valence-electron chi connectivity index (χ3n) is 16.6. The fourth-order valence-corrected chi connectivity index (χ4v) is 11.7. The summed E-state index contributed by atoms with van der Waals surface area (Å²) in [5, 5.41) is 70.6. The van der Waals surface area contributed by atoms with Crippen molar-refractivity contribution in [3.05, 3.63) is 90.0 Å². The van der Waals surface area contributed by atoms with Crippen LogP contribution in [0.4, 0.5) is 11.4 Å². The molecule has 2 aliphatic carbocycles. The number of benzene rings is 3. The number of hydrogen-bond donors (Lipinski definition) is 20. The molecule has 20 N–H and O–H groups in total. The molecule has 3 saturated heterocycles. The minimum atomic E-state index is 0.00694. The molecule has 6 aliphatic rings. The molecule has 33 heteroatoms. The van der Waals surface area contributed by atoms with Crippen LogP contribution in [0.25, 0.3) is 0 Å². The zero-order valence-electron chi connectivity index (χ0n) is 58.2. The van der Waals surface area contributed by atoms with E-state index in [2.05, 4.69) is 167 Å². The van der Waals surface area contributed by atoms with Crippen molar-refractivity contribution >= 4 is 92.2 Å². The van der Waals surface area contributed by atoms with E-state index in [-0.39, 0.29) is 52.5 Å². The molecule has 3 aromatic carbocycles. The summed E-state index contributed by atoms with van der Waals surface area (Å²) in [5.41, 5.74) is 4.87.